The average Bonchev–Trinajstić information content (AvgIpc) is 2.38. The lowest BCUT2D eigenvalue weighted by Gasteiger charge is -2.28. The summed E-state index contributed by atoms with van der Waals surface area (Å²) >= 11 is 5.68. The summed E-state index contributed by atoms with van der Waals surface area (Å²) in [5, 5.41) is 10.2. The van der Waals surface area contributed by atoms with E-state index in [1.165, 1.54) is 31.2 Å². The van der Waals surface area contributed by atoms with Gasteiger partial charge in [0, 0.05) is 11.4 Å². The molecule has 0 bridgehead atoms. The third-order valence-corrected chi connectivity index (χ3v) is 3.06. The van der Waals surface area contributed by atoms with Crippen LogP contribution < -0.4 is 0 Å². The van der Waals surface area contributed by atoms with Crippen LogP contribution in [-0.4, -0.2) is 29.5 Å². The van der Waals surface area contributed by atoms with E-state index in [2.05, 4.69) is 11.3 Å². The van der Waals surface area contributed by atoms with Crippen LogP contribution in [0.3, 0.4) is 0 Å². The Labute approximate surface area is 125 Å². The first-order valence-electron chi connectivity index (χ1n) is 6.02. The minimum Gasteiger partial charge on any atom is -0.464 e. The lowest BCUT2D eigenvalue weighted by Crippen LogP contribution is -2.53. The number of ether oxygens (including phenoxy) is 1. The average molecular weight is 323 g/mol. The Morgan fingerprint density at radius 2 is 1.86 bits per heavy atom. The number of rotatable bonds is 5. The normalized spacial score (nSPS) is 14.4. The predicted molar refractivity (Wildman–Crippen MR) is 72.7 cm³/mol. The summed E-state index contributed by atoms with van der Waals surface area (Å²) in [6, 6.07) is 5.84. The van der Waals surface area contributed by atoms with Gasteiger partial charge < -0.3 is 9.84 Å². The monoisotopic (exact) mass is 322 g/mol. The minimum atomic E-state index is -5.17. The maximum absolute atomic E-state index is 13.0. The van der Waals surface area contributed by atoms with Crippen molar-refractivity contribution in [3.63, 3.8) is 0 Å². The van der Waals surface area contributed by atoms with Gasteiger partial charge in [-0.3, -0.25) is 0 Å². The molecule has 21 heavy (non-hydrogen) atoms. The molecule has 0 unspecified atom stereocenters. The van der Waals surface area contributed by atoms with Gasteiger partial charge in [0.1, 0.15) is 0 Å². The van der Waals surface area contributed by atoms with Gasteiger partial charge in [-0.2, -0.15) is 13.2 Å². The van der Waals surface area contributed by atoms with Gasteiger partial charge in [-0.15, -0.1) is 0 Å². The Hall–Kier alpha value is -1.53. The Morgan fingerprint density at radius 3 is 2.29 bits per heavy atom. The van der Waals surface area contributed by atoms with E-state index in [1.807, 2.05) is 0 Å². The standard InChI is InChI=1S/C14H14ClF3O3/c1-3-21-12(19)13(20,14(16,17)18)8-9(2)10-4-6-11(15)7-5-10/h4-7,20H,2-3,8H2,1H3/t13-/m0/s1. The van der Waals surface area contributed by atoms with Crippen molar-refractivity contribution >= 4 is 23.1 Å². The van der Waals surface area contributed by atoms with Gasteiger partial charge in [0.2, 0.25) is 0 Å². The lowest BCUT2D eigenvalue weighted by atomic mass is 9.91. The summed E-state index contributed by atoms with van der Waals surface area (Å²) in [6.07, 6.45) is -6.19. The molecular formula is C14H14ClF3O3. The first-order chi connectivity index (χ1) is 9.61. The van der Waals surface area contributed by atoms with Crippen LogP contribution in [0, 0.1) is 0 Å². The minimum absolute atomic E-state index is 0.0560. The lowest BCUT2D eigenvalue weighted by molar-refractivity contribution is -0.260. The van der Waals surface area contributed by atoms with E-state index < -0.39 is 24.2 Å². The zero-order valence-electron chi connectivity index (χ0n) is 11.2. The van der Waals surface area contributed by atoms with E-state index in [-0.39, 0.29) is 12.2 Å². The molecule has 0 heterocycles. The summed E-state index contributed by atoms with van der Waals surface area (Å²) in [5.41, 5.74) is -3.34. The third-order valence-electron chi connectivity index (χ3n) is 2.80. The molecule has 0 aromatic heterocycles. The van der Waals surface area contributed by atoms with Crippen molar-refractivity contribution in [2.45, 2.75) is 25.1 Å². The van der Waals surface area contributed by atoms with Crippen LogP contribution in [0.5, 0.6) is 0 Å². The Kier molecular flexibility index (Phi) is 5.42. The Morgan fingerprint density at radius 1 is 1.33 bits per heavy atom. The highest BCUT2D eigenvalue weighted by Gasteiger charge is 2.60. The van der Waals surface area contributed by atoms with Crippen LogP contribution in [0.25, 0.3) is 5.57 Å². The zero-order valence-corrected chi connectivity index (χ0v) is 12.0. The maximum atomic E-state index is 13.0. The molecule has 0 saturated heterocycles. The van der Waals surface area contributed by atoms with Crippen LogP contribution in [0.2, 0.25) is 5.02 Å². The smallest absolute Gasteiger partial charge is 0.428 e. The van der Waals surface area contributed by atoms with E-state index >= 15 is 0 Å². The summed E-state index contributed by atoms with van der Waals surface area (Å²) in [7, 11) is 0. The molecule has 1 rings (SSSR count). The molecule has 0 aliphatic carbocycles. The van der Waals surface area contributed by atoms with Gasteiger partial charge in [-0.25, -0.2) is 4.79 Å². The van der Waals surface area contributed by atoms with Gasteiger partial charge in [0.25, 0.3) is 5.60 Å². The van der Waals surface area contributed by atoms with Gasteiger partial charge in [0.05, 0.1) is 6.61 Å². The number of hydrogen-bond acceptors (Lipinski definition) is 3. The second-order valence-corrected chi connectivity index (χ2v) is 4.80. The SMILES string of the molecule is C=C(C[C@](O)(C(=O)OCC)C(F)(F)F)c1ccc(Cl)cc1. The molecule has 0 aliphatic heterocycles. The number of esters is 1. The quantitative estimate of drug-likeness (QED) is 0.843. The van der Waals surface area contributed by atoms with E-state index in [0.29, 0.717) is 10.6 Å². The van der Waals surface area contributed by atoms with Crippen LogP contribution >= 0.6 is 11.6 Å². The molecule has 0 amide bonds. The fourth-order valence-electron chi connectivity index (χ4n) is 1.64. The van der Waals surface area contributed by atoms with E-state index in [0.717, 1.165) is 0 Å². The summed E-state index contributed by atoms with van der Waals surface area (Å²) in [6.45, 7) is 4.56. The van der Waals surface area contributed by atoms with Crippen molar-refractivity contribution in [1.29, 1.82) is 0 Å². The van der Waals surface area contributed by atoms with Gasteiger partial charge in [-0.1, -0.05) is 30.3 Å². The fourth-order valence-corrected chi connectivity index (χ4v) is 1.76. The number of hydrogen-bond donors (Lipinski definition) is 1. The second kappa shape index (κ2) is 6.49. The summed E-state index contributed by atoms with van der Waals surface area (Å²) in [4.78, 5) is 11.5. The molecule has 0 aliphatic rings. The Balaban J connectivity index is 3.04. The number of halogens is 4. The predicted octanol–water partition coefficient (Wildman–Crippen LogP) is 3.60. The molecule has 7 heteroatoms. The molecule has 0 radical (unpaired) electrons. The van der Waals surface area contributed by atoms with Crippen molar-refractivity contribution < 1.29 is 27.8 Å². The van der Waals surface area contributed by atoms with Crippen molar-refractivity contribution in [2.24, 2.45) is 0 Å². The highest BCUT2D eigenvalue weighted by Crippen LogP contribution is 2.38. The topological polar surface area (TPSA) is 46.5 Å². The third kappa shape index (κ3) is 3.98. The molecule has 1 atom stereocenters. The molecule has 1 N–H and O–H groups in total. The molecular weight excluding hydrogens is 309 g/mol. The highest BCUT2D eigenvalue weighted by atomic mass is 35.5. The summed E-state index contributed by atoms with van der Waals surface area (Å²) < 4.78 is 43.3. The molecule has 1 aromatic rings. The largest absolute Gasteiger partial charge is 0.464 e. The van der Waals surface area contributed by atoms with Gasteiger partial charge in [-0.05, 0) is 30.2 Å². The molecule has 3 nitrogen and oxygen atoms in total. The second-order valence-electron chi connectivity index (χ2n) is 4.37. The van der Waals surface area contributed by atoms with Gasteiger partial charge >= 0.3 is 12.1 Å². The maximum Gasteiger partial charge on any atom is 0.428 e. The summed E-state index contributed by atoms with van der Waals surface area (Å²) in [5.74, 6) is -1.74. The van der Waals surface area contributed by atoms with Crippen molar-refractivity contribution in [1.82, 2.24) is 0 Å². The molecule has 116 valence electrons. The van der Waals surface area contributed by atoms with Crippen molar-refractivity contribution in [3.8, 4) is 0 Å². The van der Waals surface area contributed by atoms with Crippen LogP contribution in [0.15, 0.2) is 30.8 Å². The van der Waals surface area contributed by atoms with Crippen LogP contribution in [0.1, 0.15) is 18.9 Å². The number of aliphatic hydroxyl groups is 1. The van der Waals surface area contributed by atoms with E-state index in [9.17, 15) is 23.1 Å². The number of carbonyl (C=O) groups is 1. The van der Waals surface area contributed by atoms with Crippen LogP contribution in [-0.2, 0) is 9.53 Å². The fraction of sp³-hybridized carbons (Fsp3) is 0.357. The molecule has 0 spiro atoms. The zero-order chi connectivity index (χ0) is 16.3. The van der Waals surface area contributed by atoms with Crippen LogP contribution in [0.4, 0.5) is 13.2 Å². The van der Waals surface area contributed by atoms with Crippen molar-refractivity contribution in [2.75, 3.05) is 6.61 Å². The van der Waals surface area contributed by atoms with E-state index in [4.69, 9.17) is 11.6 Å². The van der Waals surface area contributed by atoms with E-state index in [1.54, 1.807) is 0 Å². The molecule has 0 saturated carbocycles. The number of alkyl halides is 3. The highest BCUT2D eigenvalue weighted by molar-refractivity contribution is 6.30. The first-order valence-corrected chi connectivity index (χ1v) is 6.39. The molecule has 1 aromatic carbocycles. The van der Waals surface area contributed by atoms with Gasteiger partial charge in [0.15, 0.2) is 0 Å². The Bertz CT molecular complexity index is 525. The number of benzene rings is 1. The first kappa shape index (κ1) is 17.5. The van der Waals surface area contributed by atoms with Crippen molar-refractivity contribution in [3.05, 3.63) is 41.4 Å². The number of carbonyl (C=O) groups excluding carboxylic acids is 1. The molecule has 0 fully saturated rings.